The molecule has 5 N–H and O–H groups in total. The monoisotopic (exact) mass is 553 g/mol. The van der Waals surface area contributed by atoms with Crippen LogP contribution in [-0.4, -0.2) is 30.3 Å². The van der Waals surface area contributed by atoms with Crippen LogP contribution in [0.5, 0.6) is 5.75 Å². The SMILES string of the molecule is C[C@@H](CC/C=C/C(=O)Nc1ccccc1N)[C@@H](OC(=O)Nc1cccc2ccccc12)c1ccc(OCCO)cc1. The second-order valence-electron chi connectivity index (χ2n) is 9.65. The Labute approximate surface area is 239 Å². The van der Waals surface area contributed by atoms with Crippen molar-refractivity contribution >= 4 is 39.8 Å². The highest BCUT2D eigenvalue weighted by atomic mass is 16.6. The summed E-state index contributed by atoms with van der Waals surface area (Å²) < 4.78 is 11.5. The number of amides is 2. The summed E-state index contributed by atoms with van der Waals surface area (Å²) in [6.07, 6.45) is 3.42. The van der Waals surface area contributed by atoms with Gasteiger partial charge in [-0.05, 0) is 66.1 Å². The zero-order valence-corrected chi connectivity index (χ0v) is 23.0. The van der Waals surface area contributed by atoms with E-state index in [2.05, 4.69) is 10.6 Å². The van der Waals surface area contributed by atoms with Crippen molar-refractivity contribution in [3.63, 3.8) is 0 Å². The molecular formula is C33H35N3O5. The zero-order chi connectivity index (χ0) is 29.0. The van der Waals surface area contributed by atoms with E-state index < -0.39 is 12.2 Å². The summed E-state index contributed by atoms with van der Waals surface area (Å²) in [6.45, 7) is 2.12. The Morgan fingerprint density at radius 2 is 1.61 bits per heavy atom. The van der Waals surface area contributed by atoms with Gasteiger partial charge in [0.05, 0.1) is 23.7 Å². The molecule has 0 bridgehead atoms. The van der Waals surface area contributed by atoms with Gasteiger partial charge in [-0.25, -0.2) is 4.79 Å². The highest BCUT2D eigenvalue weighted by Gasteiger charge is 2.24. The second kappa shape index (κ2) is 14.5. The Morgan fingerprint density at radius 1 is 0.902 bits per heavy atom. The normalized spacial score (nSPS) is 12.5. The number of nitrogen functional groups attached to an aromatic ring is 1. The van der Waals surface area contributed by atoms with Gasteiger partial charge in [0, 0.05) is 5.39 Å². The number of allylic oxidation sites excluding steroid dienone is 1. The van der Waals surface area contributed by atoms with E-state index in [1.165, 1.54) is 6.08 Å². The Balaban J connectivity index is 1.43. The fraction of sp³-hybridized carbons (Fsp3) is 0.212. The van der Waals surface area contributed by atoms with Crippen LogP contribution in [0.3, 0.4) is 0 Å². The van der Waals surface area contributed by atoms with Gasteiger partial charge >= 0.3 is 6.09 Å². The number of carbonyl (C=O) groups is 2. The minimum Gasteiger partial charge on any atom is -0.491 e. The van der Waals surface area contributed by atoms with E-state index in [1.807, 2.05) is 61.5 Å². The molecule has 0 radical (unpaired) electrons. The predicted molar refractivity (Wildman–Crippen MR) is 163 cm³/mol. The maximum absolute atomic E-state index is 13.1. The average Bonchev–Trinajstić information content (AvgIpc) is 2.98. The highest BCUT2D eigenvalue weighted by Crippen LogP contribution is 2.32. The maximum Gasteiger partial charge on any atom is 0.412 e. The number of hydrogen-bond acceptors (Lipinski definition) is 6. The van der Waals surface area contributed by atoms with Gasteiger partial charge in [0.2, 0.25) is 5.91 Å². The van der Waals surface area contributed by atoms with Crippen molar-refractivity contribution < 1.29 is 24.2 Å². The third-order valence-corrected chi connectivity index (χ3v) is 6.62. The van der Waals surface area contributed by atoms with Crippen molar-refractivity contribution in [1.29, 1.82) is 0 Å². The number of nitrogens with two attached hydrogens (primary N) is 1. The Morgan fingerprint density at radius 3 is 2.39 bits per heavy atom. The standard InChI is InChI=1S/C33H35N3O5/c1-23(9-2-7-16-31(38)35-30-14-6-5-13-28(30)34)32(25-17-19-26(20-18-25)40-22-21-37)41-33(39)36-29-15-8-11-24-10-3-4-12-27(24)29/h3-8,10-20,23,32,37H,2,9,21-22,34H2,1H3,(H,35,38)(H,36,39)/b16-7+/t23-,32+/m0/s1. The van der Waals surface area contributed by atoms with Gasteiger partial charge in [-0.3, -0.25) is 10.1 Å². The average molecular weight is 554 g/mol. The van der Waals surface area contributed by atoms with Crippen LogP contribution in [0.15, 0.2) is 103 Å². The van der Waals surface area contributed by atoms with Crippen molar-refractivity contribution in [1.82, 2.24) is 0 Å². The summed E-state index contributed by atoms with van der Waals surface area (Å²) >= 11 is 0. The van der Waals surface area contributed by atoms with Crippen LogP contribution in [0.1, 0.15) is 31.4 Å². The molecule has 4 rings (SSSR count). The fourth-order valence-corrected chi connectivity index (χ4v) is 4.51. The van der Waals surface area contributed by atoms with Crippen LogP contribution in [0, 0.1) is 5.92 Å². The second-order valence-corrected chi connectivity index (χ2v) is 9.65. The minimum atomic E-state index is -0.561. The molecule has 0 aliphatic rings. The molecule has 8 heteroatoms. The van der Waals surface area contributed by atoms with Gasteiger partial charge < -0.3 is 25.6 Å². The molecule has 0 unspecified atom stereocenters. The first-order valence-electron chi connectivity index (χ1n) is 13.6. The molecule has 0 spiro atoms. The molecule has 0 aromatic heterocycles. The van der Waals surface area contributed by atoms with Gasteiger partial charge in [-0.2, -0.15) is 0 Å². The number of para-hydroxylation sites is 2. The number of ether oxygens (including phenoxy) is 2. The van der Waals surface area contributed by atoms with Crippen LogP contribution >= 0.6 is 0 Å². The predicted octanol–water partition coefficient (Wildman–Crippen LogP) is 6.69. The number of hydrogen-bond donors (Lipinski definition) is 4. The van der Waals surface area contributed by atoms with E-state index in [1.54, 1.807) is 42.5 Å². The van der Waals surface area contributed by atoms with Gasteiger partial charge in [0.1, 0.15) is 18.5 Å². The number of aliphatic hydroxyl groups is 1. The van der Waals surface area contributed by atoms with Crippen molar-refractivity contribution in [3.05, 3.63) is 109 Å². The van der Waals surface area contributed by atoms with E-state index >= 15 is 0 Å². The number of benzene rings is 4. The van der Waals surface area contributed by atoms with E-state index in [0.717, 1.165) is 16.3 Å². The highest BCUT2D eigenvalue weighted by molar-refractivity contribution is 6.01. The van der Waals surface area contributed by atoms with Crippen LogP contribution in [0.2, 0.25) is 0 Å². The van der Waals surface area contributed by atoms with Crippen LogP contribution < -0.4 is 21.1 Å². The lowest BCUT2D eigenvalue weighted by Gasteiger charge is -2.25. The molecule has 0 aliphatic carbocycles. The summed E-state index contributed by atoms with van der Waals surface area (Å²) in [4.78, 5) is 25.4. The quantitative estimate of drug-likeness (QED) is 0.114. The smallest absolute Gasteiger partial charge is 0.412 e. The lowest BCUT2D eigenvalue weighted by Crippen LogP contribution is -2.22. The van der Waals surface area contributed by atoms with E-state index in [-0.39, 0.29) is 25.0 Å². The number of anilines is 3. The van der Waals surface area contributed by atoms with Crippen LogP contribution in [-0.2, 0) is 9.53 Å². The van der Waals surface area contributed by atoms with Crippen LogP contribution in [0.4, 0.5) is 21.9 Å². The molecule has 0 saturated heterocycles. The minimum absolute atomic E-state index is 0.0741. The molecule has 8 nitrogen and oxygen atoms in total. The van der Waals surface area contributed by atoms with Crippen molar-refractivity contribution in [2.45, 2.75) is 25.9 Å². The summed E-state index contributed by atoms with van der Waals surface area (Å²) in [7, 11) is 0. The molecule has 212 valence electrons. The molecule has 0 aliphatic heterocycles. The maximum atomic E-state index is 13.1. The van der Waals surface area contributed by atoms with Gasteiger partial charge in [0.15, 0.2) is 0 Å². The fourth-order valence-electron chi connectivity index (χ4n) is 4.51. The molecule has 0 saturated carbocycles. The Kier molecular flexibility index (Phi) is 10.3. The van der Waals surface area contributed by atoms with Crippen molar-refractivity contribution in [3.8, 4) is 5.75 Å². The number of fused-ring (bicyclic) bond motifs is 1. The Bertz CT molecular complexity index is 1480. The van der Waals surface area contributed by atoms with E-state index in [4.69, 9.17) is 20.3 Å². The molecule has 2 atom stereocenters. The number of rotatable bonds is 12. The summed E-state index contributed by atoms with van der Waals surface area (Å²) in [5.41, 5.74) is 8.43. The third-order valence-electron chi connectivity index (χ3n) is 6.62. The lowest BCUT2D eigenvalue weighted by atomic mass is 9.93. The molecule has 0 heterocycles. The number of carbonyl (C=O) groups excluding carboxylic acids is 2. The largest absolute Gasteiger partial charge is 0.491 e. The Hall–Kier alpha value is -4.82. The third kappa shape index (κ3) is 8.33. The van der Waals surface area contributed by atoms with E-state index in [9.17, 15) is 9.59 Å². The first-order chi connectivity index (χ1) is 19.9. The van der Waals surface area contributed by atoms with Crippen molar-refractivity contribution in [2.24, 2.45) is 5.92 Å². The first-order valence-corrected chi connectivity index (χ1v) is 13.6. The molecule has 2 amide bonds. The number of nitrogens with one attached hydrogen (secondary N) is 2. The summed E-state index contributed by atoms with van der Waals surface area (Å²) in [6, 6.07) is 27.9. The molecule has 4 aromatic rings. The lowest BCUT2D eigenvalue weighted by molar-refractivity contribution is -0.111. The zero-order valence-electron chi connectivity index (χ0n) is 23.0. The van der Waals surface area contributed by atoms with Gasteiger partial charge in [-0.15, -0.1) is 0 Å². The molecular weight excluding hydrogens is 518 g/mol. The van der Waals surface area contributed by atoms with Gasteiger partial charge in [-0.1, -0.05) is 73.7 Å². The van der Waals surface area contributed by atoms with Crippen LogP contribution in [0.25, 0.3) is 10.8 Å². The van der Waals surface area contributed by atoms with E-state index in [0.29, 0.717) is 35.7 Å². The first kappa shape index (κ1) is 29.2. The summed E-state index contributed by atoms with van der Waals surface area (Å²) in [5, 5.41) is 16.6. The molecule has 41 heavy (non-hydrogen) atoms. The summed E-state index contributed by atoms with van der Waals surface area (Å²) in [5.74, 6) is 0.272. The van der Waals surface area contributed by atoms with Gasteiger partial charge in [0.25, 0.3) is 0 Å². The number of aliphatic hydroxyl groups excluding tert-OH is 1. The molecule has 0 fully saturated rings. The topological polar surface area (TPSA) is 123 Å². The van der Waals surface area contributed by atoms with Crippen molar-refractivity contribution in [2.75, 3.05) is 29.6 Å². The molecule has 4 aromatic carbocycles.